The van der Waals surface area contributed by atoms with Gasteiger partial charge in [0.15, 0.2) is 0 Å². The molecule has 19 heavy (non-hydrogen) atoms. The summed E-state index contributed by atoms with van der Waals surface area (Å²) in [5, 5.41) is 11.8. The number of benzene rings is 1. The fraction of sp³-hybridized carbons (Fsp3) is 0.154. The highest BCUT2D eigenvalue weighted by atomic mass is 16.4. The molecule has 0 aliphatic heterocycles. The molecule has 6 nitrogen and oxygen atoms in total. The van der Waals surface area contributed by atoms with Crippen LogP contribution in [-0.4, -0.2) is 33.5 Å². The number of carboxylic acids is 1. The van der Waals surface area contributed by atoms with Crippen LogP contribution < -0.4 is 5.32 Å². The summed E-state index contributed by atoms with van der Waals surface area (Å²) < 4.78 is 0. The fourth-order valence-electron chi connectivity index (χ4n) is 1.70. The van der Waals surface area contributed by atoms with E-state index in [1.165, 1.54) is 12.5 Å². The monoisotopic (exact) mass is 259 g/mol. The van der Waals surface area contributed by atoms with Gasteiger partial charge in [-0.05, 0) is 5.56 Å². The number of nitrogens with zero attached hydrogens (tertiary/aromatic N) is 1. The van der Waals surface area contributed by atoms with Crippen LogP contribution in [0.2, 0.25) is 0 Å². The van der Waals surface area contributed by atoms with E-state index in [2.05, 4.69) is 15.3 Å². The van der Waals surface area contributed by atoms with Gasteiger partial charge in [0, 0.05) is 6.54 Å². The predicted molar refractivity (Wildman–Crippen MR) is 67.7 cm³/mol. The Morgan fingerprint density at radius 2 is 2.05 bits per heavy atom. The topological polar surface area (TPSA) is 95.1 Å². The Morgan fingerprint density at radius 1 is 1.32 bits per heavy atom. The van der Waals surface area contributed by atoms with Crippen molar-refractivity contribution in [3.05, 3.63) is 54.1 Å². The summed E-state index contributed by atoms with van der Waals surface area (Å²) in [6.07, 6.45) is 2.77. The van der Waals surface area contributed by atoms with Crippen molar-refractivity contribution in [2.24, 2.45) is 0 Å². The van der Waals surface area contributed by atoms with Crippen molar-refractivity contribution in [1.82, 2.24) is 15.3 Å². The number of hydrogen-bond acceptors (Lipinski definition) is 3. The minimum absolute atomic E-state index is 0.0250. The Labute approximate surface area is 109 Å². The van der Waals surface area contributed by atoms with E-state index in [1.807, 2.05) is 6.07 Å². The highest BCUT2D eigenvalue weighted by Crippen LogP contribution is 2.14. The zero-order valence-electron chi connectivity index (χ0n) is 10.0. The second kappa shape index (κ2) is 5.81. The Bertz CT molecular complexity index is 552. The number of imidazole rings is 1. The molecule has 0 spiro atoms. The summed E-state index contributed by atoms with van der Waals surface area (Å²) in [5.74, 6) is -2.12. The Kier molecular flexibility index (Phi) is 3.92. The van der Waals surface area contributed by atoms with Crippen molar-refractivity contribution < 1.29 is 14.7 Å². The molecule has 2 aromatic rings. The molecule has 0 bridgehead atoms. The minimum Gasteiger partial charge on any atom is -0.481 e. The van der Waals surface area contributed by atoms with Crippen molar-refractivity contribution in [2.75, 3.05) is 6.54 Å². The molecule has 1 aromatic carbocycles. The predicted octanol–water partition coefficient (Wildman–Crippen LogP) is 1.01. The molecule has 0 aliphatic carbocycles. The normalized spacial score (nSPS) is 11.8. The Balaban J connectivity index is 2.03. The quantitative estimate of drug-likeness (QED) is 0.746. The van der Waals surface area contributed by atoms with Crippen molar-refractivity contribution in [1.29, 1.82) is 0 Å². The third-order valence-electron chi connectivity index (χ3n) is 2.71. The minimum atomic E-state index is -0.976. The van der Waals surface area contributed by atoms with Crippen molar-refractivity contribution in [3.8, 4) is 0 Å². The number of aliphatic carboxylic acids is 1. The zero-order chi connectivity index (χ0) is 13.7. The van der Waals surface area contributed by atoms with Gasteiger partial charge in [0.25, 0.3) is 5.91 Å². The second-order valence-electron chi connectivity index (χ2n) is 3.98. The van der Waals surface area contributed by atoms with Gasteiger partial charge in [0.1, 0.15) is 5.69 Å². The van der Waals surface area contributed by atoms with Crippen molar-refractivity contribution >= 4 is 11.9 Å². The molecule has 1 heterocycles. The van der Waals surface area contributed by atoms with Gasteiger partial charge < -0.3 is 15.4 Å². The average Bonchev–Trinajstić information content (AvgIpc) is 2.93. The molecule has 1 atom stereocenters. The molecule has 3 N–H and O–H groups in total. The van der Waals surface area contributed by atoms with E-state index < -0.39 is 11.9 Å². The third-order valence-corrected chi connectivity index (χ3v) is 2.71. The highest BCUT2D eigenvalue weighted by molar-refractivity contribution is 5.92. The van der Waals surface area contributed by atoms with Crippen LogP contribution in [0.3, 0.4) is 0 Å². The summed E-state index contributed by atoms with van der Waals surface area (Å²) in [4.78, 5) is 29.3. The van der Waals surface area contributed by atoms with Gasteiger partial charge in [-0.15, -0.1) is 0 Å². The molecule has 0 saturated heterocycles. The number of rotatable bonds is 5. The molecule has 1 amide bonds. The number of carbonyl (C=O) groups is 2. The van der Waals surface area contributed by atoms with E-state index in [0.717, 1.165) is 0 Å². The fourth-order valence-corrected chi connectivity index (χ4v) is 1.70. The number of hydrogen-bond donors (Lipinski definition) is 3. The summed E-state index contributed by atoms with van der Waals surface area (Å²) in [6.45, 7) is 0.0250. The van der Waals surface area contributed by atoms with E-state index in [9.17, 15) is 14.7 Å². The first kappa shape index (κ1) is 12.8. The van der Waals surface area contributed by atoms with Gasteiger partial charge in [-0.2, -0.15) is 0 Å². The zero-order valence-corrected chi connectivity index (χ0v) is 10.0. The molecular formula is C13H13N3O3. The van der Waals surface area contributed by atoms with Crippen LogP contribution in [0.5, 0.6) is 0 Å². The van der Waals surface area contributed by atoms with E-state index >= 15 is 0 Å². The molecule has 1 aromatic heterocycles. The van der Waals surface area contributed by atoms with Crippen LogP contribution in [0.4, 0.5) is 0 Å². The second-order valence-corrected chi connectivity index (χ2v) is 3.98. The summed E-state index contributed by atoms with van der Waals surface area (Å²) in [7, 11) is 0. The van der Waals surface area contributed by atoms with Crippen molar-refractivity contribution in [3.63, 3.8) is 0 Å². The lowest BCUT2D eigenvalue weighted by Crippen LogP contribution is -2.31. The molecule has 2 rings (SSSR count). The van der Waals surface area contributed by atoms with E-state index in [-0.39, 0.29) is 12.5 Å². The van der Waals surface area contributed by atoms with Crippen LogP contribution in [-0.2, 0) is 4.79 Å². The smallest absolute Gasteiger partial charge is 0.312 e. The molecular weight excluding hydrogens is 246 g/mol. The number of nitrogens with one attached hydrogen (secondary N) is 2. The number of aromatic amines is 1. The first-order valence-corrected chi connectivity index (χ1v) is 5.73. The maximum atomic E-state index is 11.7. The average molecular weight is 259 g/mol. The maximum Gasteiger partial charge on any atom is 0.312 e. The van der Waals surface area contributed by atoms with Crippen LogP contribution >= 0.6 is 0 Å². The van der Waals surface area contributed by atoms with E-state index in [1.54, 1.807) is 24.3 Å². The van der Waals surface area contributed by atoms with Gasteiger partial charge in [0.05, 0.1) is 18.4 Å². The lowest BCUT2D eigenvalue weighted by atomic mass is 9.99. The Morgan fingerprint density at radius 3 is 2.63 bits per heavy atom. The number of carboxylic acid groups (broad SMARTS) is 1. The standard InChI is InChI=1S/C13H13N3O3/c17-12(11-7-14-8-16-11)15-6-10(13(18)19)9-4-2-1-3-5-9/h1-5,7-8,10H,6H2,(H,14,16)(H,15,17)(H,18,19). The number of H-pyrrole nitrogens is 1. The maximum absolute atomic E-state index is 11.7. The van der Waals surface area contributed by atoms with Gasteiger partial charge in [-0.1, -0.05) is 30.3 Å². The van der Waals surface area contributed by atoms with Gasteiger partial charge in [-0.3, -0.25) is 9.59 Å². The van der Waals surface area contributed by atoms with Crippen LogP contribution in [0.25, 0.3) is 0 Å². The van der Waals surface area contributed by atoms with Crippen molar-refractivity contribution in [2.45, 2.75) is 5.92 Å². The molecule has 0 saturated carbocycles. The van der Waals surface area contributed by atoms with Gasteiger partial charge in [-0.25, -0.2) is 4.98 Å². The molecule has 98 valence electrons. The molecule has 6 heteroatoms. The molecule has 0 radical (unpaired) electrons. The molecule has 0 fully saturated rings. The highest BCUT2D eigenvalue weighted by Gasteiger charge is 2.20. The lowest BCUT2D eigenvalue weighted by molar-refractivity contribution is -0.138. The lowest BCUT2D eigenvalue weighted by Gasteiger charge is -2.13. The Hall–Kier alpha value is -2.63. The van der Waals surface area contributed by atoms with Gasteiger partial charge in [0.2, 0.25) is 0 Å². The first-order valence-electron chi connectivity index (χ1n) is 5.73. The number of amides is 1. The third kappa shape index (κ3) is 3.19. The van der Waals surface area contributed by atoms with E-state index in [4.69, 9.17) is 0 Å². The van der Waals surface area contributed by atoms with Crippen LogP contribution in [0.15, 0.2) is 42.9 Å². The first-order chi connectivity index (χ1) is 9.18. The summed E-state index contributed by atoms with van der Waals surface area (Å²) in [5.41, 5.74) is 0.956. The molecule has 1 unspecified atom stereocenters. The largest absolute Gasteiger partial charge is 0.481 e. The van der Waals surface area contributed by atoms with E-state index in [0.29, 0.717) is 11.3 Å². The van der Waals surface area contributed by atoms with Gasteiger partial charge >= 0.3 is 5.97 Å². The number of carbonyl (C=O) groups excluding carboxylic acids is 1. The SMILES string of the molecule is O=C(NCC(C(=O)O)c1ccccc1)c1cnc[nH]1. The number of aromatic nitrogens is 2. The van der Waals surface area contributed by atoms with Crippen LogP contribution in [0, 0.1) is 0 Å². The molecule has 0 aliphatic rings. The summed E-state index contributed by atoms with van der Waals surface area (Å²) >= 11 is 0. The van der Waals surface area contributed by atoms with Crippen LogP contribution in [0.1, 0.15) is 22.0 Å². The summed E-state index contributed by atoms with van der Waals surface area (Å²) in [6, 6.07) is 8.79.